The van der Waals surface area contributed by atoms with Gasteiger partial charge in [-0.3, -0.25) is 14.4 Å². The molecule has 1 atom stereocenters. The van der Waals surface area contributed by atoms with E-state index in [1.165, 1.54) is 64.2 Å². The normalized spacial score (nSPS) is 12.9. The summed E-state index contributed by atoms with van der Waals surface area (Å²) in [5.74, 6) is -0.995. The van der Waals surface area contributed by atoms with Crippen molar-refractivity contribution in [1.29, 1.82) is 0 Å². The summed E-state index contributed by atoms with van der Waals surface area (Å²) in [5, 5.41) is 0. The molecule has 0 aliphatic carbocycles. The lowest BCUT2D eigenvalue weighted by atomic mass is 10.1. The van der Waals surface area contributed by atoms with Gasteiger partial charge >= 0.3 is 17.9 Å². The number of rotatable bonds is 45. The topological polar surface area (TPSA) is 78.9 Å². The number of carbonyl (C=O) groups is 3. The summed E-state index contributed by atoms with van der Waals surface area (Å²) in [6, 6.07) is 0. The Kier molecular flexibility index (Phi) is 48.0. The highest BCUT2D eigenvalue weighted by Gasteiger charge is 2.19. The third-order valence-corrected chi connectivity index (χ3v) is 10.6. The van der Waals surface area contributed by atoms with Gasteiger partial charge < -0.3 is 14.2 Å². The van der Waals surface area contributed by atoms with Crippen LogP contribution in [-0.4, -0.2) is 37.2 Å². The average Bonchev–Trinajstić information content (AvgIpc) is 3.28. The maximum Gasteiger partial charge on any atom is 0.306 e. The maximum atomic E-state index is 12.8. The van der Waals surface area contributed by atoms with Crippen LogP contribution < -0.4 is 0 Å². The van der Waals surface area contributed by atoms with Crippen LogP contribution in [0.2, 0.25) is 0 Å². The van der Waals surface area contributed by atoms with Crippen molar-refractivity contribution in [1.82, 2.24) is 0 Å². The minimum atomic E-state index is -0.811. The second kappa shape index (κ2) is 51.0. The number of hydrogen-bond acceptors (Lipinski definition) is 6. The average molecular weight is 875 g/mol. The molecule has 0 fully saturated rings. The van der Waals surface area contributed by atoms with Gasteiger partial charge in [0.1, 0.15) is 13.2 Å². The number of ether oxygens (including phenoxy) is 3. The molecule has 358 valence electrons. The zero-order chi connectivity index (χ0) is 45.8. The molecule has 0 aromatic carbocycles. The van der Waals surface area contributed by atoms with Gasteiger partial charge in [-0.1, -0.05) is 201 Å². The first kappa shape index (κ1) is 59.3. The van der Waals surface area contributed by atoms with Crippen molar-refractivity contribution in [2.45, 2.75) is 232 Å². The quantitative estimate of drug-likeness (QED) is 0.0199. The number of hydrogen-bond donors (Lipinski definition) is 0. The molecule has 1 unspecified atom stereocenters. The van der Waals surface area contributed by atoms with Gasteiger partial charge in [0.25, 0.3) is 0 Å². The minimum absolute atomic E-state index is 0.108. The number of esters is 3. The Labute approximate surface area is 387 Å². The molecule has 6 heteroatoms. The lowest BCUT2D eigenvalue weighted by molar-refractivity contribution is -0.167. The molecule has 0 amide bonds. The molecular formula is C57H94O6. The van der Waals surface area contributed by atoms with E-state index >= 15 is 0 Å². The molecule has 0 spiro atoms. The summed E-state index contributed by atoms with van der Waals surface area (Å²) in [4.78, 5) is 37.9. The third kappa shape index (κ3) is 49.2. The summed E-state index contributed by atoms with van der Waals surface area (Å²) >= 11 is 0. The highest BCUT2D eigenvalue weighted by Crippen LogP contribution is 2.13. The van der Waals surface area contributed by atoms with Crippen LogP contribution in [0.15, 0.2) is 97.2 Å². The first-order valence-corrected chi connectivity index (χ1v) is 25.8. The molecule has 0 aromatic rings. The van der Waals surface area contributed by atoms with Crippen LogP contribution >= 0.6 is 0 Å². The Morgan fingerprint density at radius 1 is 0.349 bits per heavy atom. The van der Waals surface area contributed by atoms with Gasteiger partial charge in [-0.05, 0) is 103 Å². The van der Waals surface area contributed by atoms with Crippen molar-refractivity contribution in [3.63, 3.8) is 0 Å². The SMILES string of the molecule is CC/C=C\C/C=C\C/C=C\CCCCCCCCC(=O)OC(COC(=O)CCC/C=C\C/C=C\C/C=C\CC)COC(=O)CCCCCCC/C=C\C=C/CCCCCCCCC. The lowest BCUT2D eigenvalue weighted by Crippen LogP contribution is -2.30. The van der Waals surface area contributed by atoms with E-state index in [1.807, 2.05) is 0 Å². The molecule has 0 aromatic heterocycles. The van der Waals surface area contributed by atoms with Gasteiger partial charge in [-0.2, -0.15) is 0 Å². The molecule has 6 nitrogen and oxygen atoms in total. The lowest BCUT2D eigenvalue weighted by Gasteiger charge is -2.18. The molecule has 0 bridgehead atoms. The van der Waals surface area contributed by atoms with E-state index in [0.717, 1.165) is 116 Å². The smallest absolute Gasteiger partial charge is 0.306 e. The van der Waals surface area contributed by atoms with Gasteiger partial charge in [0.2, 0.25) is 0 Å². The fourth-order valence-corrected chi connectivity index (χ4v) is 6.76. The largest absolute Gasteiger partial charge is 0.462 e. The monoisotopic (exact) mass is 875 g/mol. The molecule has 63 heavy (non-hydrogen) atoms. The molecule has 0 N–H and O–H groups in total. The van der Waals surface area contributed by atoms with Crippen molar-refractivity contribution in [2.24, 2.45) is 0 Å². The predicted octanol–water partition coefficient (Wildman–Crippen LogP) is 17.0. The number of allylic oxidation sites excluding steroid dienone is 16. The molecule has 0 rings (SSSR count). The second-order valence-electron chi connectivity index (χ2n) is 16.7. The highest BCUT2D eigenvalue weighted by atomic mass is 16.6. The summed E-state index contributed by atoms with van der Waals surface area (Å²) in [5.41, 5.74) is 0. The number of unbranched alkanes of at least 4 members (excludes halogenated alkanes) is 19. The zero-order valence-corrected chi connectivity index (χ0v) is 40.8. The maximum absolute atomic E-state index is 12.8. The van der Waals surface area contributed by atoms with E-state index in [0.29, 0.717) is 19.3 Å². The van der Waals surface area contributed by atoms with Crippen molar-refractivity contribution in [3.8, 4) is 0 Å². The van der Waals surface area contributed by atoms with Gasteiger partial charge in [0.15, 0.2) is 6.10 Å². The van der Waals surface area contributed by atoms with Crippen molar-refractivity contribution >= 4 is 17.9 Å². The zero-order valence-electron chi connectivity index (χ0n) is 40.8. The van der Waals surface area contributed by atoms with E-state index in [4.69, 9.17) is 14.2 Å². The fourth-order valence-electron chi connectivity index (χ4n) is 6.76. The van der Waals surface area contributed by atoms with Crippen LogP contribution in [0, 0.1) is 0 Å². The third-order valence-electron chi connectivity index (χ3n) is 10.6. The van der Waals surface area contributed by atoms with E-state index in [9.17, 15) is 14.4 Å². The number of carbonyl (C=O) groups excluding carboxylic acids is 3. The summed E-state index contributed by atoms with van der Waals surface area (Å²) in [6.07, 6.45) is 66.9. The van der Waals surface area contributed by atoms with Crippen LogP contribution in [0.1, 0.15) is 226 Å². The summed E-state index contributed by atoms with van der Waals surface area (Å²) in [6.45, 7) is 6.32. The Morgan fingerprint density at radius 3 is 1.13 bits per heavy atom. The Hall–Kier alpha value is -3.67. The van der Waals surface area contributed by atoms with Gasteiger partial charge in [-0.15, -0.1) is 0 Å². The Balaban J connectivity index is 4.46. The first-order valence-electron chi connectivity index (χ1n) is 25.8. The predicted molar refractivity (Wildman–Crippen MR) is 270 cm³/mol. The van der Waals surface area contributed by atoms with Crippen LogP contribution in [-0.2, 0) is 28.6 Å². The summed E-state index contributed by atoms with van der Waals surface area (Å²) < 4.78 is 16.7. The Bertz CT molecular complexity index is 1280. The minimum Gasteiger partial charge on any atom is -0.462 e. The van der Waals surface area contributed by atoms with Crippen molar-refractivity contribution in [2.75, 3.05) is 13.2 Å². The molecule has 0 aliphatic rings. The van der Waals surface area contributed by atoms with Crippen molar-refractivity contribution in [3.05, 3.63) is 97.2 Å². The molecule has 0 heterocycles. The van der Waals surface area contributed by atoms with E-state index in [-0.39, 0.29) is 37.5 Å². The second-order valence-corrected chi connectivity index (χ2v) is 16.7. The molecule has 0 saturated carbocycles. The standard InChI is InChI=1S/C57H94O6/c1-4-7-10-13-16-19-22-24-26-28-29-31-32-35-38-41-44-47-50-56(59)62-53-54(52-61-55(58)49-46-43-40-37-34-21-18-15-12-9-6-3)63-57(60)51-48-45-42-39-36-33-30-27-25-23-20-17-14-11-8-5-2/h8-9,11-12,17-18,20-21,25-29,31,37,40,54H,4-7,10,13-16,19,22-24,30,32-36,38-39,41-53H2,1-3H3/b11-8-,12-9-,20-17-,21-18-,27-25-,28-26-,31-29-,40-37-. The van der Waals surface area contributed by atoms with E-state index in [2.05, 4.69) is 118 Å². The Morgan fingerprint density at radius 2 is 0.683 bits per heavy atom. The fraction of sp³-hybridized carbons (Fsp3) is 0.667. The van der Waals surface area contributed by atoms with Crippen molar-refractivity contribution < 1.29 is 28.6 Å². The molecule has 0 saturated heterocycles. The van der Waals surface area contributed by atoms with Crippen LogP contribution in [0.25, 0.3) is 0 Å². The summed E-state index contributed by atoms with van der Waals surface area (Å²) in [7, 11) is 0. The first-order chi connectivity index (χ1) is 31.0. The molecule has 0 radical (unpaired) electrons. The molecular weight excluding hydrogens is 781 g/mol. The highest BCUT2D eigenvalue weighted by molar-refractivity contribution is 5.71. The molecule has 0 aliphatic heterocycles. The van der Waals surface area contributed by atoms with Crippen LogP contribution in [0.5, 0.6) is 0 Å². The van der Waals surface area contributed by atoms with Gasteiger partial charge in [0.05, 0.1) is 0 Å². The van der Waals surface area contributed by atoms with E-state index in [1.54, 1.807) is 0 Å². The van der Waals surface area contributed by atoms with Crippen LogP contribution in [0.3, 0.4) is 0 Å². The van der Waals surface area contributed by atoms with Gasteiger partial charge in [-0.25, -0.2) is 0 Å². The van der Waals surface area contributed by atoms with Crippen LogP contribution in [0.4, 0.5) is 0 Å². The van der Waals surface area contributed by atoms with E-state index < -0.39 is 6.10 Å². The van der Waals surface area contributed by atoms with Gasteiger partial charge in [0, 0.05) is 19.3 Å².